The van der Waals surface area contributed by atoms with E-state index >= 15 is 0 Å². The summed E-state index contributed by atoms with van der Waals surface area (Å²) in [4.78, 5) is 0.0852. The van der Waals surface area contributed by atoms with Crippen molar-refractivity contribution < 1.29 is 13.2 Å². The molecule has 1 aromatic carbocycles. The van der Waals surface area contributed by atoms with E-state index in [4.69, 9.17) is 27.9 Å². The molecule has 1 aromatic rings. The van der Waals surface area contributed by atoms with Crippen molar-refractivity contribution in [1.82, 2.24) is 4.31 Å². The zero-order valence-electron chi connectivity index (χ0n) is 10.3. The Hall–Kier alpha value is 0.150. The largest absolute Gasteiger partial charge is 0.383 e. The molecule has 0 aliphatic rings. The minimum absolute atomic E-state index is 0.0852. The Labute approximate surface area is 131 Å². The number of methoxy groups -OCH3 is 1. The molecular weight excluding hydrogens is 377 g/mol. The third kappa shape index (κ3) is 4.88. The summed E-state index contributed by atoms with van der Waals surface area (Å²) < 4.78 is 31.2. The molecule has 0 amide bonds. The molecule has 0 heterocycles. The van der Waals surface area contributed by atoms with Crippen LogP contribution in [-0.2, 0) is 14.8 Å². The van der Waals surface area contributed by atoms with Crippen molar-refractivity contribution in [3.8, 4) is 0 Å². The van der Waals surface area contributed by atoms with Gasteiger partial charge in [-0.2, -0.15) is 4.31 Å². The fourth-order valence-electron chi connectivity index (χ4n) is 1.47. The van der Waals surface area contributed by atoms with E-state index in [2.05, 4.69) is 15.9 Å². The molecule has 108 valence electrons. The second-order valence-corrected chi connectivity index (χ2v) is 7.29. The highest BCUT2D eigenvalue weighted by molar-refractivity contribution is 9.09. The van der Waals surface area contributed by atoms with Gasteiger partial charge < -0.3 is 4.74 Å². The van der Waals surface area contributed by atoms with E-state index in [-0.39, 0.29) is 21.5 Å². The third-order valence-electron chi connectivity index (χ3n) is 2.35. The molecule has 1 rings (SSSR count). The summed E-state index contributed by atoms with van der Waals surface area (Å²) in [6.45, 7) is 0.935. The molecule has 4 nitrogen and oxygen atoms in total. The molecule has 8 heteroatoms. The number of sulfonamides is 1. The number of ether oxygens (including phenoxy) is 1. The maximum atomic E-state index is 12.5. The lowest BCUT2D eigenvalue weighted by Gasteiger charge is -2.21. The first-order valence-corrected chi connectivity index (χ1v) is 8.74. The number of hydrogen-bond acceptors (Lipinski definition) is 3. The number of nitrogens with zero attached hydrogens (tertiary/aromatic N) is 1. The van der Waals surface area contributed by atoms with Crippen LogP contribution in [-0.4, -0.2) is 44.9 Å². The van der Waals surface area contributed by atoms with Crippen LogP contribution in [0.25, 0.3) is 0 Å². The van der Waals surface area contributed by atoms with Crippen molar-refractivity contribution in [2.75, 3.05) is 32.1 Å². The van der Waals surface area contributed by atoms with Crippen LogP contribution in [0.3, 0.4) is 0 Å². The predicted molar refractivity (Wildman–Crippen MR) is 80.9 cm³/mol. The summed E-state index contributed by atoms with van der Waals surface area (Å²) in [5, 5.41) is 1.11. The standard InChI is InChI=1S/C11H14BrCl2NO3S/c1-18-5-4-15(3-2-12)19(16,17)11-7-9(13)6-10(14)8-11/h6-8H,2-5H2,1H3. The fraction of sp³-hybridized carbons (Fsp3) is 0.455. The molecule has 0 atom stereocenters. The molecule has 0 aromatic heterocycles. The lowest BCUT2D eigenvalue weighted by Crippen LogP contribution is -2.35. The number of hydrogen-bond donors (Lipinski definition) is 0. The van der Waals surface area contributed by atoms with Crippen molar-refractivity contribution in [2.24, 2.45) is 0 Å². The first kappa shape index (κ1) is 17.2. The van der Waals surface area contributed by atoms with Gasteiger partial charge in [-0.3, -0.25) is 0 Å². The van der Waals surface area contributed by atoms with Crippen LogP contribution < -0.4 is 0 Å². The molecule has 0 saturated heterocycles. The minimum atomic E-state index is -3.63. The molecule has 0 saturated carbocycles. The smallest absolute Gasteiger partial charge is 0.243 e. The first-order chi connectivity index (χ1) is 8.91. The van der Waals surface area contributed by atoms with Crippen molar-refractivity contribution in [3.05, 3.63) is 28.2 Å². The molecule has 0 bridgehead atoms. The van der Waals surface area contributed by atoms with Gasteiger partial charge in [0.25, 0.3) is 0 Å². The van der Waals surface area contributed by atoms with Gasteiger partial charge in [0.1, 0.15) is 0 Å². The summed E-state index contributed by atoms with van der Waals surface area (Å²) in [6, 6.07) is 4.26. The van der Waals surface area contributed by atoms with Crippen molar-refractivity contribution in [1.29, 1.82) is 0 Å². The van der Waals surface area contributed by atoms with Crippen LogP contribution in [0.4, 0.5) is 0 Å². The minimum Gasteiger partial charge on any atom is -0.383 e. The van der Waals surface area contributed by atoms with Gasteiger partial charge in [-0.05, 0) is 18.2 Å². The Morgan fingerprint density at radius 2 is 1.79 bits per heavy atom. The van der Waals surface area contributed by atoms with E-state index in [0.29, 0.717) is 18.5 Å². The number of halogens is 3. The molecule has 19 heavy (non-hydrogen) atoms. The highest BCUT2D eigenvalue weighted by atomic mass is 79.9. The summed E-state index contributed by atoms with van der Waals surface area (Å²) in [6.07, 6.45) is 0. The fourth-order valence-corrected chi connectivity index (χ4v) is 4.28. The summed E-state index contributed by atoms with van der Waals surface area (Å²) in [5.41, 5.74) is 0. The van der Waals surface area contributed by atoms with Crippen LogP contribution in [0, 0.1) is 0 Å². The predicted octanol–water partition coefficient (Wildman–Crippen LogP) is 3.03. The highest BCUT2D eigenvalue weighted by Crippen LogP contribution is 2.24. The number of alkyl halides is 1. The third-order valence-corrected chi connectivity index (χ3v) is 5.02. The first-order valence-electron chi connectivity index (χ1n) is 5.43. The van der Waals surface area contributed by atoms with Gasteiger partial charge >= 0.3 is 0 Å². The second-order valence-electron chi connectivity index (χ2n) is 3.69. The molecule has 0 radical (unpaired) electrons. The van der Waals surface area contributed by atoms with E-state index in [9.17, 15) is 8.42 Å². The van der Waals surface area contributed by atoms with Crippen molar-refractivity contribution in [2.45, 2.75) is 4.90 Å². The summed E-state index contributed by atoms with van der Waals surface area (Å²) in [5.74, 6) is 0. The van der Waals surface area contributed by atoms with Crippen LogP contribution in [0.1, 0.15) is 0 Å². The average molecular weight is 391 g/mol. The SMILES string of the molecule is COCCN(CCBr)S(=O)(=O)c1cc(Cl)cc(Cl)c1. The van der Waals surface area contributed by atoms with E-state index in [1.54, 1.807) is 0 Å². The highest BCUT2D eigenvalue weighted by Gasteiger charge is 2.24. The maximum Gasteiger partial charge on any atom is 0.243 e. The van der Waals surface area contributed by atoms with Crippen LogP contribution in [0.2, 0.25) is 10.0 Å². The molecule has 0 fully saturated rings. The summed E-state index contributed by atoms with van der Waals surface area (Å²) >= 11 is 14.9. The topological polar surface area (TPSA) is 46.6 Å². The van der Waals surface area contributed by atoms with Crippen molar-refractivity contribution >= 4 is 49.2 Å². The van der Waals surface area contributed by atoms with Crippen molar-refractivity contribution in [3.63, 3.8) is 0 Å². The Balaban J connectivity index is 3.10. The monoisotopic (exact) mass is 389 g/mol. The lowest BCUT2D eigenvalue weighted by molar-refractivity contribution is 0.181. The van der Waals surface area contributed by atoms with Gasteiger partial charge in [-0.15, -0.1) is 0 Å². The zero-order chi connectivity index (χ0) is 14.5. The Bertz CT molecular complexity index is 504. The molecule has 0 aliphatic heterocycles. The van der Waals surface area contributed by atoms with E-state index in [1.165, 1.54) is 29.6 Å². The van der Waals surface area contributed by atoms with Gasteiger partial charge in [-0.1, -0.05) is 39.1 Å². The van der Waals surface area contributed by atoms with Gasteiger partial charge in [0, 0.05) is 35.6 Å². The van der Waals surface area contributed by atoms with E-state index in [1.807, 2.05) is 0 Å². The zero-order valence-corrected chi connectivity index (χ0v) is 14.2. The molecular formula is C11H14BrCl2NO3S. The van der Waals surface area contributed by atoms with Gasteiger partial charge in [0.05, 0.1) is 11.5 Å². The van der Waals surface area contributed by atoms with Crippen LogP contribution in [0.5, 0.6) is 0 Å². The van der Waals surface area contributed by atoms with E-state index < -0.39 is 10.0 Å². The lowest BCUT2D eigenvalue weighted by atomic mass is 10.4. The van der Waals surface area contributed by atoms with E-state index in [0.717, 1.165) is 0 Å². The molecule has 0 aliphatic carbocycles. The van der Waals surface area contributed by atoms with Crippen LogP contribution >= 0.6 is 39.1 Å². The Morgan fingerprint density at radius 3 is 2.26 bits per heavy atom. The molecule has 0 unspecified atom stereocenters. The average Bonchev–Trinajstić information content (AvgIpc) is 2.33. The van der Waals surface area contributed by atoms with Gasteiger partial charge in [0.15, 0.2) is 0 Å². The Kier molecular flexibility index (Phi) is 7.07. The maximum absolute atomic E-state index is 12.5. The summed E-state index contributed by atoms with van der Waals surface area (Å²) in [7, 11) is -2.10. The number of rotatable bonds is 7. The molecule has 0 spiro atoms. The quantitative estimate of drug-likeness (QED) is 0.672. The van der Waals surface area contributed by atoms with Gasteiger partial charge in [0.2, 0.25) is 10.0 Å². The normalized spacial score (nSPS) is 12.1. The second kappa shape index (κ2) is 7.81. The Morgan fingerprint density at radius 1 is 1.21 bits per heavy atom. The van der Waals surface area contributed by atoms with Crippen LogP contribution in [0.15, 0.2) is 23.1 Å². The van der Waals surface area contributed by atoms with Gasteiger partial charge in [-0.25, -0.2) is 8.42 Å². The molecule has 0 N–H and O–H groups in total. The number of benzene rings is 1.